The Kier molecular flexibility index (Phi) is 6.61. The predicted octanol–water partition coefficient (Wildman–Crippen LogP) is 4.33. The molecule has 2 aromatic carbocycles. The standard InChI is InChI=1S/C20H29N3P2/c1-16(18-9-5-3-6-10-18)21-13-22(17(2)24)15-23(14-21)20(25)19-11-7-4-8-12-19/h3-12,16-17,20H,13-15,24-25H2,1-2H3/t16-,17?,20?/m0/s1. The molecule has 0 aromatic heterocycles. The monoisotopic (exact) mass is 373 g/mol. The van der Waals surface area contributed by atoms with Gasteiger partial charge in [-0.15, -0.1) is 18.5 Å². The molecule has 0 bridgehead atoms. The van der Waals surface area contributed by atoms with E-state index in [4.69, 9.17) is 0 Å². The molecule has 1 aliphatic heterocycles. The molecule has 5 heteroatoms. The molecule has 1 saturated heterocycles. The van der Waals surface area contributed by atoms with Gasteiger partial charge in [-0.25, -0.2) is 0 Å². The van der Waals surface area contributed by atoms with Crippen molar-refractivity contribution in [2.24, 2.45) is 0 Å². The van der Waals surface area contributed by atoms with Crippen LogP contribution in [0.15, 0.2) is 60.7 Å². The first-order valence-corrected chi connectivity index (χ1v) is 10.2. The van der Waals surface area contributed by atoms with Crippen molar-refractivity contribution in [2.45, 2.75) is 31.5 Å². The lowest BCUT2D eigenvalue weighted by atomic mass is 10.1. The molecule has 0 saturated carbocycles. The van der Waals surface area contributed by atoms with Gasteiger partial charge in [0.2, 0.25) is 0 Å². The Hall–Kier alpha value is -0.820. The molecule has 4 unspecified atom stereocenters. The lowest BCUT2D eigenvalue weighted by Gasteiger charge is -2.48. The summed E-state index contributed by atoms with van der Waals surface area (Å²) in [6.45, 7) is 7.49. The van der Waals surface area contributed by atoms with Crippen molar-refractivity contribution < 1.29 is 0 Å². The van der Waals surface area contributed by atoms with Crippen LogP contribution < -0.4 is 0 Å². The van der Waals surface area contributed by atoms with Crippen molar-refractivity contribution >= 4 is 18.5 Å². The third kappa shape index (κ3) is 4.67. The molecular weight excluding hydrogens is 344 g/mol. The average Bonchev–Trinajstić information content (AvgIpc) is 2.67. The fraction of sp³-hybridized carbons (Fsp3) is 0.400. The molecule has 0 aliphatic carbocycles. The zero-order valence-corrected chi connectivity index (χ0v) is 17.4. The van der Waals surface area contributed by atoms with Crippen LogP contribution in [0.1, 0.15) is 36.8 Å². The zero-order chi connectivity index (χ0) is 17.8. The van der Waals surface area contributed by atoms with Crippen LogP contribution >= 0.6 is 18.5 Å². The molecular formula is C20H29N3P2. The van der Waals surface area contributed by atoms with Crippen molar-refractivity contribution in [3.63, 3.8) is 0 Å². The van der Waals surface area contributed by atoms with Crippen LogP contribution in [0.3, 0.4) is 0 Å². The third-order valence-electron chi connectivity index (χ3n) is 5.03. The van der Waals surface area contributed by atoms with Gasteiger partial charge in [-0.1, -0.05) is 60.7 Å². The van der Waals surface area contributed by atoms with Crippen LogP contribution in [0.2, 0.25) is 0 Å². The molecule has 134 valence electrons. The van der Waals surface area contributed by atoms with Crippen LogP contribution in [0, 0.1) is 0 Å². The van der Waals surface area contributed by atoms with Crippen molar-refractivity contribution in [3.8, 4) is 0 Å². The zero-order valence-electron chi connectivity index (χ0n) is 15.1. The van der Waals surface area contributed by atoms with Gasteiger partial charge in [0.25, 0.3) is 0 Å². The number of nitrogens with zero attached hydrogens (tertiary/aromatic N) is 3. The van der Waals surface area contributed by atoms with E-state index in [0.29, 0.717) is 17.6 Å². The molecule has 0 amide bonds. The molecule has 1 fully saturated rings. The fourth-order valence-electron chi connectivity index (χ4n) is 3.32. The minimum Gasteiger partial charge on any atom is -0.271 e. The van der Waals surface area contributed by atoms with Gasteiger partial charge in [0.15, 0.2) is 0 Å². The Morgan fingerprint density at radius 2 is 1.16 bits per heavy atom. The summed E-state index contributed by atoms with van der Waals surface area (Å²) in [5, 5.41) is 0. The summed E-state index contributed by atoms with van der Waals surface area (Å²) in [5.74, 6) is 0.763. The van der Waals surface area contributed by atoms with Gasteiger partial charge in [-0.05, 0) is 25.0 Å². The Labute approximate surface area is 156 Å². The average molecular weight is 373 g/mol. The van der Waals surface area contributed by atoms with E-state index in [1.807, 2.05) is 0 Å². The molecule has 3 nitrogen and oxygen atoms in total. The van der Waals surface area contributed by atoms with Crippen LogP contribution in [-0.4, -0.2) is 40.5 Å². The molecule has 2 aromatic rings. The van der Waals surface area contributed by atoms with E-state index in [9.17, 15) is 0 Å². The van der Waals surface area contributed by atoms with Crippen LogP contribution in [-0.2, 0) is 0 Å². The molecule has 1 heterocycles. The topological polar surface area (TPSA) is 9.72 Å². The fourth-order valence-corrected chi connectivity index (χ4v) is 3.92. The summed E-state index contributed by atoms with van der Waals surface area (Å²) in [5.41, 5.74) is 2.72. The summed E-state index contributed by atoms with van der Waals surface area (Å²) < 4.78 is 0. The third-order valence-corrected chi connectivity index (χ3v) is 6.26. The van der Waals surface area contributed by atoms with E-state index in [0.717, 1.165) is 20.0 Å². The summed E-state index contributed by atoms with van der Waals surface area (Å²) in [6.07, 6.45) is 0. The molecule has 3 rings (SSSR count). The molecule has 0 spiro atoms. The number of hydrogen-bond acceptors (Lipinski definition) is 3. The van der Waals surface area contributed by atoms with E-state index < -0.39 is 0 Å². The first-order chi connectivity index (χ1) is 12.1. The second-order valence-corrected chi connectivity index (χ2v) is 8.47. The minimum absolute atomic E-state index is 0.318. The van der Waals surface area contributed by atoms with Gasteiger partial charge in [-0.2, -0.15) is 0 Å². The van der Waals surface area contributed by atoms with Crippen LogP contribution in [0.25, 0.3) is 0 Å². The van der Waals surface area contributed by atoms with Gasteiger partial charge in [0.1, 0.15) is 0 Å². The number of rotatable bonds is 5. The highest BCUT2D eigenvalue weighted by atomic mass is 31.0. The minimum atomic E-state index is 0.318. The quantitative estimate of drug-likeness (QED) is 0.722. The predicted molar refractivity (Wildman–Crippen MR) is 113 cm³/mol. The smallest absolute Gasteiger partial charge is 0.0545 e. The lowest BCUT2D eigenvalue weighted by Crippen LogP contribution is -2.56. The summed E-state index contributed by atoms with van der Waals surface area (Å²) in [6, 6.07) is 22.0. The molecule has 0 N–H and O–H groups in total. The van der Waals surface area contributed by atoms with Gasteiger partial charge in [0, 0.05) is 11.8 Å². The van der Waals surface area contributed by atoms with Crippen LogP contribution in [0.4, 0.5) is 0 Å². The van der Waals surface area contributed by atoms with Gasteiger partial charge < -0.3 is 0 Å². The molecule has 5 atom stereocenters. The number of benzene rings is 2. The summed E-state index contributed by atoms with van der Waals surface area (Å²) in [7, 11) is 5.98. The highest BCUT2D eigenvalue weighted by Gasteiger charge is 2.31. The number of hydrogen-bond donors (Lipinski definition) is 0. The van der Waals surface area contributed by atoms with E-state index >= 15 is 0 Å². The maximum atomic E-state index is 3.03. The van der Waals surface area contributed by atoms with Crippen molar-refractivity contribution in [1.29, 1.82) is 0 Å². The van der Waals surface area contributed by atoms with Gasteiger partial charge in [0.05, 0.1) is 25.8 Å². The SMILES string of the molecule is CC(P)N1CN(C(P)c2ccccc2)CN([C@@H](C)c2ccccc2)C1. The second kappa shape index (κ2) is 8.71. The largest absolute Gasteiger partial charge is 0.271 e. The van der Waals surface area contributed by atoms with Gasteiger partial charge in [-0.3, -0.25) is 14.7 Å². The molecule has 25 heavy (non-hydrogen) atoms. The summed E-state index contributed by atoms with van der Waals surface area (Å²) >= 11 is 0. The Morgan fingerprint density at radius 1 is 0.680 bits per heavy atom. The Balaban J connectivity index is 1.80. The maximum Gasteiger partial charge on any atom is 0.0545 e. The van der Waals surface area contributed by atoms with Crippen LogP contribution in [0.5, 0.6) is 0 Å². The summed E-state index contributed by atoms with van der Waals surface area (Å²) in [4.78, 5) is 7.59. The van der Waals surface area contributed by atoms with Crippen molar-refractivity contribution in [3.05, 3.63) is 71.8 Å². The van der Waals surface area contributed by atoms with E-state index in [2.05, 4.69) is 108 Å². The normalized spacial score (nSPS) is 21.0. The second-order valence-electron chi connectivity index (χ2n) is 6.87. The first kappa shape index (κ1) is 19.0. The highest BCUT2D eigenvalue weighted by Crippen LogP contribution is 2.33. The maximum absolute atomic E-state index is 3.03. The highest BCUT2D eigenvalue weighted by molar-refractivity contribution is 7.17. The van der Waals surface area contributed by atoms with Gasteiger partial charge >= 0.3 is 0 Å². The first-order valence-electron chi connectivity index (χ1n) is 8.89. The van der Waals surface area contributed by atoms with Crippen molar-refractivity contribution in [1.82, 2.24) is 14.7 Å². The van der Waals surface area contributed by atoms with E-state index in [-0.39, 0.29) is 0 Å². The molecule has 1 aliphatic rings. The van der Waals surface area contributed by atoms with E-state index in [1.165, 1.54) is 11.1 Å². The Bertz CT molecular complexity index is 597. The van der Waals surface area contributed by atoms with Crippen molar-refractivity contribution in [2.75, 3.05) is 20.0 Å². The Morgan fingerprint density at radius 3 is 1.72 bits per heavy atom. The molecule has 0 radical (unpaired) electrons. The van der Waals surface area contributed by atoms with E-state index in [1.54, 1.807) is 0 Å². The lowest BCUT2D eigenvalue weighted by molar-refractivity contribution is -0.0569.